The van der Waals surface area contributed by atoms with Gasteiger partial charge in [-0.2, -0.15) is 0 Å². The summed E-state index contributed by atoms with van der Waals surface area (Å²) >= 11 is 4.64. The lowest BCUT2D eigenvalue weighted by molar-refractivity contribution is -0.277. The Kier molecular flexibility index (Phi) is 16.3. The minimum Gasteiger partial charge on any atom is -0.392 e. The summed E-state index contributed by atoms with van der Waals surface area (Å²) in [6, 6.07) is 0. The minimum atomic E-state index is -1.43. The highest BCUT2D eigenvalue weighted by Crippen LogP contribution is 2.37. The summed E-state index contributed by atoms with van der Waals surface area (Å²) in [4.78, 5) is 9.21. The van der Waals surface area contributed by atoms with E-state index in [0.29, 0.717) is 6.61 Å². The summed E-state index contributed by atoms with van der Waals surface area (Å²) < 4.78 is 27.2. The Labute approximate surface area is 216 Å². The molecule has 6 unspecified atom stereocenters. The lowest BCUT2D eigenvalue weighted by atomic mass is 10.0. The third kappa shape index (κ3) is 11.6. The van der Waals surface area contributed by atoms with Crippen LogP contribution in [0.2, 0.25) is 0 Å². The van der Waals surface area contributed by atoms with Gasteiger partial charge in [0.15, 0.2) is 18.4 Å². The fourth-order valence-corrected chi connectivity index (χ4v) is 3.25. The molecule has 0 bridgehead atoms. The number of aliphatic hydroxyl groups is 6. The van der Waals surface area contributed by atoms with Crippen molar-refractivity contribution in [2.45, 2.75) is 102 Å². The highest BCUT2D eigenvalue weighted by molar-refractivity contribution is 6.62. The smallest absolute Gasteiger partial charge is 0.218 e. The second-order valence-electron chi connectivity index (χ2n) is 8.53. The molecule has 3 saturated heterocycles. The molecule has 3 aliphatic rings. The van der Waals surface area contributed by atoms with Gasteiger partial charge in [-0.25, -0.2) is 0 Å². The molecular formula is C23H41ClO12. The van der Waals surface area contributed by atoms with Gasteiger partial charge in [0.05, 0.1) is 25.4 Å². The number of carbonyl (C=O) groups excluding carboxylic acids is 1. The highest BCUT2D eigenvalue weighted by atomic mass is 35.5. The Hall–Kier alpha value is -1.00. The van der Waals surface area contributed by atoms with Gasteiger partial charge in [-0.3, -0.25) is 4.79 Å². The zero-order valence-electron chi connectivity index (χ0n) is 21.3. The summed E-state index contributed by atoms with van der Waals surface area (Å²) in [7, 11) is 0. The van der Waals surface area contributed by atoms with Crippen LogP contribution in [0.25, 0.3) is 0 Å². The van der Waals surface area contributed by atoms with Crippen LogP contribution in [0.15, 0.2) is 25.3 Å². The van der Waals surface area contributed by atoms with Crippen molar-refractivity contribution in [3.63, 3.8) is 0 Å². The number of carbonyl (C=O) groups is 1. The number of ether oxygens (including phenoxy) is 5. The van der Waals surface area contributed by atoms with Crippen molar-refractivity contribution in [3.05, 3.63) is 25.3 Å². The molecular weight excluding hydrogens is 504 g/mol. The molecule has 0 amide bonds. The standard InChI is InChI=1S/C12H20O5.C6H12O5.C3H6O.C2H3ClO/c1-5-6-14-11-10-9(8(13)7(2)15-11)16-12(3,4)17-10;1-2-3(7)4(8)5(9)6(10)11-2;1-2-3-4;1-2(3)4/h5,7-11,13H,1,6H2,2-4H3;2-10H,1H3;2,4H,1,3H2;1H3/t7?,8-,9?,10?,11+;2?,3-,4?,5?,6+;;/m00../s1. The molecule has 3 fully saturated rings. The van der Waals surface area contributed by atoms with E-state index in [9.17, 15) is 9.90 Å². The monoisotopic (exact) mass is 544 g/mol. The topological polar surface area (TPSA) is 185 Å². The predicted octanol–water partition coefficient (Wildman–Crippen LogP) is -0.443. The average Bonchev–Trinajstić information content (AvgIpc) is 3.13. The maximum Gasteiger partial charge on any atom is 0.218 e. The maximum absolute atomic E-state index is 10.0. The first-order valence-corrected chi connectivity index (χ1v) is 11.7. The van der Waals surface area contributed by atoms with E-state index in [2.05, 4.69) is 29.5 Å². The maximum atomic E-state index is 10.0. The van der Waals surface area contributed by atoms with Gasteiger partial charge in [0.1, 0.15) is 36.6 Å². The molecule has 212 valence electrons. The van der Waals surface area contributed by atoms with Crippen LogP contribution in [0.5, 0.6) is 0 Å². The van der Waals surface area contributed by atoms with Crippen LogP contribution in [-0.2, 0) is 28.5 Å². The molecule has 12 nitrogen and oxygen atoms in total. The SMILES string of the molecule is C=CCO.C=CCO[C@@H]1OC(C)[C@H](O)C2OC(C)(C)OC21.CC(=O)Cl.CC1O[C@@H](O)C(O)C(O)[C@H]1O. The van der Waals surface area contributed by atoms with Gasteiger partial charge in [-0.1, -0.05) is 12.2 Å². The van der Waals surface area contributed by atoms with Crippen molar-refractivity contribution in [1.29, 1.82) is 0 Å². The van der Waals surface area contributed by atoms with Crippen LogP contribution < -0.4 is 0 Å². The molecule has 0 aromatic carbocycles. The second-order valence-corrected chi connectivity index (χ2v) is 9.06. The summed E-state index contributed by atoms with van der Waals surface area (Å²) in [5, 5.41) is 53.4. The van der Waals surface area contributed by atoms with Crippen molar-refractivity contribution in [1.82, 2.24) is 0 Å². The quantitative estimate of drug-likeness (QED) is 0.198. The number of halogens is 1. The van der Waals surface area contributed by atoms with Gasteiger partial charge in [0.2, 0.25) is 5.24 Å². The van der Waals surface area contributed by atoms with E-state index in [1.54, 1.807) is 13.0 Å². The van der Waals surface area contributed by atoms with E-state index in [-0.39, 0.29) is 18.0 Å². The Morgan fingerprint density at radius 1 is 0.917 bits per heavy atom. The van der Waals surface area contributed by atoms with Crippen molar-refractivity contribution < 1.29 is 59.1 Å². The first kappa shape index (κ1) is 35.0. The normalized spacial score (nSPS) is 38.4. The van der Waals surface area contributed by atoms with Crippen molar-refractivity contribution in [2.24, 2.45) is 0 Å². The Bertz CT molecular complexity index is 645. The van der Waals surface area contributed by atoms with E-state index in [1.807, 2.05) is 13.8 Å². The van der Waals surface area contributed by atoms with E-state index in [1.165, 1.54) is 19.9 Å². The Morgan fingerprint density at radius 3 is 1.86 bits per heavy atom. The molecule has 0 spiro atoms. The van der Waals surface area contributed by atoms with Crippen LogP contribution in [0.3, 0.4) is 0 Å². The summed E-state index contributed by atoms with van der Waals surface area (Å²) in [6.45, 7) is 15.5. The molecule has 0 aromatic heterocycles. The van der Waals surface area contributed by atoms with Crippen molar-refractivity contribution >= 4 is 16.8 Å². The number of hydrogen-bond acceptors (Lipinski definition) is 12. The average molecular weight is 545 g/mol. The lowest BCUT2D eigenvalue weighted by Crippen LogP contribution is -2.56. The molecule has 10 atom stereocenters. The number of fused-ring (bicyclic) bond motifs is 1. The van der Waals surface area contributed by atoms with Crippen LogP contribution in [0.4, 0.5) is 0 Å². The molecule has 3 aliphatic heterocycles. The van der Waals surface area contributed by atoms with Gasteiger partial charge in [-0.05, 0) is 39.3 Å². The van der Waals surface area contributed by atoms with Crippen LogP contribution in [0, 0.1) is 0 Å². The number of rotatable bonds is 4. The summed E-state index contributed by atoms with van der Waals surface area (Å²) in [5.41, 5.74) is 0. The fourth-order valence-electron chi connectivity index (χ4n) is 3.25. The molecule has 0 saturated carbocycles. The van der Waals surface area contributed by atoms with Gasteiger partial charge in [0.25, 0.3) is 0 Å². The molecule has 36 heavy (non-hydrogen) atoms. The molecule has 0 aromatic rings. The van der Waals surface area contributed by atoms with Crippen LogP contribution >= 0.6 is 11.6 Å². The number of hydrogen-bond donors (Lipinski definition) is 6. The lowest BCUT2D eigenvalue weighted by Gasteiger charge is -2.38. The summed E-state index contributed by atoms with van der Waals surface area (Å²) in [5.74, 6) is -0.723. The van der Waals surface area contributed by atoms with Crippen LogP contribution in [-0.4, -0.2) is 116 Å². The zero-order valence-corrected chi connectivity index (χ0v) is 22.0. The van der Waals surface area contributed by atoms with Gasteiger partial charge < -0.3 is 54.3 Å². The first-order valence-electron chi connectivity index (χ1n) is 11.3. The van der Waals surface area contributed by atoms with Crippen molar-refractivity contribution in [3.8, 4) is 0 Å². The molecule has 3 heterocycles. The minimum absolute atomic E-state index is 0.0833. The molecule has 0 aliphatic carbocycles. The van der Waals surface area contributed by atoms with E-state index >= 15 is 0 Å². The van der Waals surface area contributed by atoms with Gasteiger partial charge in [0, 0.05) is 6.92 Å². The Morgan fingerprint density at radius 2 is 1.39 bits per heavy atom. The third-order valence-corrected chi connectivity index (χ3v) is 4.93. The molecule has 13 heteroatoms. The van der Waals surface area contributed by atoms with Gasteiger partial charge in [-0.15, -0.1) is 13.2 Å². The zero-order chi connectivity index (χ0) is 28.2. The Balaban J connectivity index is 0.000000551. The molecule has 6 N–H and O–H groups in total. The fraction of sp³-hybridized carbons (Fsp3) is 0.783. The van der Waals surface area contributed by atoms with Gasteiger partial charge >= 0.3 is 0 Å². The highest BCUT2D eigenvalue weighted by Gasteiger charge is 2.54. The van der Waals surface area contributed by atoms with E-state index < -0.39 is 61.1 Å². The van der Waals surface area contributed by atoms with E-state index in [4.69, 9.17) is 44.5 Å². The molecule has 3 rings (SSSR count). The van der Waals surface area contributed by atoms with Crippen molar-refractivity contribution in [2.75, 3.05) is 13.2 Å². The summed E-state index contributed by atoms with van der Waals surface area (Å²) in [6.07, 6.45) is -5.31. The molecule has 0 radical (unpaired) electrons. The second kappa shape index (κ2) is 16.8. The predicted molar refractivity (Wildman–Crippen MR) is 129 cm³/mol. The first-order chi connectivity index (χ1) is 16.6. The number of aliphatic hydroxyl groups excluding tert-OH is 6. The largest absolute Gasteiger partial charge is 0.392 e. The van der Waals surface area contributed by atoms with E-state index in [0.717, 1.165) is 0 Å². The van der Waals surface area contributed by atoms with Crippen LogP contribution in [0.1, 0.15) is 34.6 Å². The third-order valence-electron chi connectivity index (χ3n) is 4.93.